The standard InChI is InChI=1S/C19H16O2/c1-2-15-16-11-7-6-10-14(16)12-17(18(15)19(20)21)13-8-4-3-5-9-13/h3-12H,2H2,1H3,(H,20,21). The van der Waals surface area contributed by atoms with Crippen molar-refractivity contribution in [2.45, 2.75) is 13.3 Å². The van der Waals surface area contributed by atoms with E-state index in [1.807, 2.05) is 67.6 Å². The highest BCUT2D eigenvalue weighted by atomic mass is 16.4. The maximum absolute atomic E-state index is 11.8. The average Bonchev–Trinajstić information content (AvgIpc) is 2.53. The molecule has 0 heterocycles. The van der Waals surface area contributed by atoms with Crippen molar-refractivity contribution in [3.63, 3.8) is 0 Å². The topological polar surface area (TPSA) is 37.3 Å². The molecule has 0 aliphatic carbocycles. The highest BCUT2D eigenvalue weighted by Crippen LogP contribution is 2.33. The maximum Gasteiger partial charge on any atom is 0.336 e. The Morgan fingerprint density at radius 2 is 1.67 bits per heavy atom. The molecular formula is C19H16O2. The number of carboxylic acids is 1. The van der Waals surface area contributed by atoms with Crippen molar-refractivity contribution in [3.8, 4) is 11.1 Å². The van der Waals surface area contributed by atoms with Gasteiger partial charge in [0.15, 0.2) is 0 Å². The largest absolute Gasteiger partial charge is 0.478 e. The molecule has 21 heavy (non-hydrogen) atoms. The molecular weight excluding hydrogens is 260 g/mol. The van der Waals surface area contributed by atoms with Crippen LogP contribution in [0, 0.1) is 0 Å². The van der Waals surface area contributed by atoms with Crippen molar-refractivity contribution in [1.29, 1.82) is 0 Å². The minimum absolute atomic E-state index is 0.419. The number of aryl methyl sites for hydroxylation is 1. The van der Waals surface area contributed by atoms with Gasteiger partial charge < -0.3 is 5.11 Å². The summed E-state index contributed by atoms with van der Waals surface area (Å²) >= 11 is 0. The first-order valence-corrected chi connectivity index (χ1v) is 7.05. The van der Waals surface area contributed by atoms with Gasteiger partial charge in [-0.15, -0.1) is 0 Å². The summed E-state index contributed by atoms with van der Waals surface area (Å²) in [6.45, 7) is 2.00. The van der Waals surface area contributed by atoms with E-state index in [1.54, 1.807) is 0 Å². The number of fused-ring (bicyclic) bond motifs is 1. The molecule has 1 N–H and O–H groups in total. The van der Waals surface area contributed by atoms with E-state index >= 15 is 0 Å². The lowest BCUT2D eigenvalue weighted by molar-refractivity contribution is 0.0697. The average molecular weight is 276 g/mol. The van der Waals surface area contributed by atoms with Crippen LogP contribution in [0.1, 0.15) is 22.8 Å². The summed E-state index contributed by atoms with van der Waals surface area (Å²) in [5.41, 5.74) is 3.05. The highest BCUT2D eigenvalue weighted by molar-refractivity contribution is 6.05. The summed E-state index contributed by atoms with van der Waals surface area (Å²) in [5, 5.41) is 11.8. The van der Waals surface area contributed by atoms with Gasteiger partial charge in [0, 0.05) is 0 Å². The number of carboxylic acid groups (broad SMARTS) is 1. The fourth-order valence-corrected chi connectivity index (χ4v) is 2.88. The van der Waals surface area contributed by atoms with Crippen LogP contribution in [0.25, 0.3) is 21.9 Å². The quantitative estimate of drug-likeness (QED) is 0.748. The molecule has 0 atom stereocenters. The number of carbonyl (C=O) groups is 1. The van der Waals surface area contributed by atoms with Gasteiger partial charge in [0.2, 0.25) is 0 Å². The zero-order chi connectivity index (χ0) is 14.8. The third-order valence-corrected chi connectivity index (χ3v) is 3.81. The first-order valence-electron chi connectivity index (χ1n) is 7.05. The van der Waals surface area contributed by atoms with E-state index in [4.69, 9.17) is 0 Å². The number of rotatable bonds is 3. The Bertz CT molecular complexity index is 804. The summed E-state index contributed by atoms with van der Waals surface area (Å²) in [7, 11) is 0. The molecule has 3 aromatic carbocycles. The zero-order valence-corrected chi connectivity index (χ0v) is 11.8. The van der Waals surface area contributed by atoms with Gasteiger partial charge in [-0.1, -0.05) is 61.5 Å². The third kappa shape index (κ3) is 2.29. The van der Waals surface area contributed by atoms with Crippen LogP contribution >= 0.6 is 0 Å². The number of hydrogen-bond donors (Lipinski definition) is 1. The second-order valence-corrected chi connectivity index (χ2v) is 5.02. The molecule has 0 radical (unpaired) electrons. The number of aromatic carboxylic acids is 1. The van der Waals surface area contributed by atoms with Gasteiger partial charge in [0.25, 0.3) is 0 Å². The van der Waals surface area contributed by atoms with Crippen LogP contribution in [-0.4, -0.2) is 11.1 Å². The molecule has 0 fully saturated rings. The molecule has 3 aromatic rings. The predicted octanol–water partition coefficient (Wildman–Crippen LogP) is 4.77. The van der Waals surface area contributed by atoms with Crippen molar-refractivity contribution in [2.75, 3.05) is 0 Å². The molecule has 0 bridgehead atoms. The van der Waals surface area contributed by atoms with Crippen molar-refractivity contribution < 1.29 is 9.90 Å². The molecule has 2 nitrogen and oxygen atoms in total. The molecule has 3 rings (SSSR count). The lowest BCUT2D eigenvalue weighted by Crippen LogP contribution is -2.05. The molecule has 0 aliphatic rings. The first-order chi connectivity index (χ1) is 10.2. The van der Waals surface area contributed by atoms with Crippen LogP contribution in [0.2, 0.25) is 0 Å². The van der Waals surface area contributed by atoms with E-state index in [0.717, 1.165) is 27.5 Å². The van der Waals surface area contributed by atoms with Gasteiger partial charge in [0.05, 0.1) is 5.56 Å². The minimum atomic E-state index is -0.864. The molecule has 104 valence electrons. The fraction of sp³-hybridized carbons (Fsp3) is 0.105. The Morgan fingerprint density at radius 3 is 2.33 bits per heavy atom. The van der Waals surface area contributed by atoms with Crippen LogP contribution in [0.15, 0.2) is 60.7 Å². The molecule has 0 saturated carbocycles. The monoisotopic (exact) mass is 276 g/mol. The normalized spacial score (nSPS) is 10.7. The third-order valence-electron chi connectivity index (χ3n) is 3.81. The van der Waals surface area contributed by atoms with Crippen molar-refractivity contribution in [3.05, 3.63) is 71.8 Å². The van der Waals surface area contributed by atoms with Gasteiger partial charge in [-0.05, 0) is 39.9 Å². The van der Waals surface area contributed by atoms with E-state index in [2.05, 4.69) is 0 Å². The Hall–Kier alpha value is -2.61. The van der Waals surface area contributed by atoms with Crippen molar-refractivity contribution >= 4 is 16.7 Å². The Kier molecular flexibility index (Phi) is 3.44. The van der Waals surface area contributed by atoms with Gasteiger partial charge in [-0.3, -0.25) is 0 Å². The second-order valence-electron chi connectivity index (χ2n) is 5.02. The smallest absolute Gasteiger partial charge is 0.336 e. The zero-order valence-electron chi connectivity index (χ0n) is 11.8. The second kappa shape index (κ2) is 5.41. The molecule has 2 heteroatoms. The van der Waals surface area contributed by atoms with Crippen LogP contribution in [0.3, 0.4) is 0 Å². The van der Waals surface area contributed by atoms with E-state index in [9.17, 15) is 9.90 Å². The Morgan fingerprint density at radius 1 is 1.00 bits per heavy atom. The van der Waals surface area contributed by atoms with Crippen LogP contribution in [0.5, 0.6) is 0 Å². The maximum atomic E-state index is 11.8. The van der Waals surface area contributed by atoms with Gasteiger partial charge in [0.1, 0.15) is 0 Å². The Balaban J connectivity index is 2.43. The van der Waals surface area contributed by atoms with E-state index in [0.29, 0.717) is 12.0 Å². The molecule has 0 saturated heterocycles. The SMILES string of the molecule is CCc1c(C(=O)O)c(-c2ccccc2)cc2ccccc12. The fourth-order valence-electron chi connectivity index (χ4n) is 2.88. The summed E-state index contributed by atoms with van der Waals surface area (Å²) in [6, 6.07) is 19.7. The minimum Gasteiger partial charge on any atom is -0.478 e. The van der Waals surface area contributed by atoms with Gasteiger partial charge >= 0.3 is 5.97 Å². The summed E-state index contributed by atoms with van der Waals surface area (Å²) in [5.74, 6) is -0.864. The van der Waals surface area contributed by atoms with Gasteiger partial charge in [-0.2, -0.15) is 0 Å². The molecule has 0 amide bonds. The van der Waals surface area contributed by atoms with Crippen molar-refractivity contribution in [1.82, 2.24) is 0 Å². The van der Waals surface area contributed by atoms with E-state index in [1.165, 1.54) is 0 Å². The summed E-state index contributed by atoms with van der Waals surface area (Å²) in [4.78, 5) is 11.8. The molecule has 0 aliphatic heterocycles. The first kappa shape index (κ1) is 13.4. The summed E-state index contributed by atoms with van der Waals surface area (Å²) in [6.07, 6.45) is 0.697. The molecule has 0 spiro atoms. The van der Waals surface area contributed by atoms with Crippen LogP contribution in [0.4, 0.5) is 0 Å². The van der Waals surface area contributed by atoms with Crippen LogP contribution < -0.4 is 0 Å². The lowest BCUT2D eigenvalue weighted by atomic mass is 9.89. The van der Waals surface area contributed by atoms with Gasteiger partial charge in [-0.25, -0.2) is 4.79 Å². The van der Waals surface area contributed by atoms with E-state index < -0.39 is 5.97 Å². The van der Waals surface area contributed by atoms with Crippen molar-refractivity contribution in [2.24, 2.45) is 0 Å². The number of benzene rings is 3. The molecule has 0 aromatic heterocycles. The van der Waals surface area contributed by atoms with Crippen LogP contribution in [-0.2, 0) is 6.42 Å². The lowest BCUT2D eigenvalue weighted by Gasteiger charge is -2.14. The number of hydrogen-bond acceptors (Lipinski definition) is 1. The Labute approximate surface area is 123 Å². The highest BCUT2D eigenvalue weighted by Gasteiger charge is 2.18. The predicted molar refractivity (Wildman–Crippen MR) is 85.7 cm³/mol. The van der Waals surface area contributed by atoms with E-state index in [-0.39, 0.29) is 0 Å². The summed E-state index contributed by atoms with van der Waals surface area (Å²) < 4.78 is 0. The molecule has 0 unspecified atom stereocenters.